The first kappa shape index (κ1) is 10.9. The number of aryl methyl sites for hydroxylation is 1. The van der Waals surface area contributed by atoms with Gasteiger partial charge in [0.2, 0.25) is 0 Å². The Hall–Kier alpha value is -1.62. The molecule has 5 heteroatoms. The highest BCUT2D eigenvalue weighted by atomic mass is 16.7. The van der Waals surface area contributed by atoms with Crippen molar-refractivity contribution in [3.05, 3.63) is 23.0 Å². The van der Waals surface area contributed by atoms with Gasteiger partial charge in [-0.05, 0) is 12.5 Å². The first-order valence-corrected chi connectivity index (χ1v) is 5.02. The molecule has 0 N–H and O–H groups in total. The average Bonchev–Trinajstić information content (AvgIpc) is 2.29. The Bertz CT molecular complexity index is 429. The van der Waals surface area contributed by atoms with Crippen LogP contribution in [0.3, 0.4) is 0 Å². The lowest BCUT2D eigenvalue weighted by Crippen LogP contribution is -2.26. The lowest BCUT2D eigenvalue weighted by molar-refractivity contribution is -0.0177. The molecule has 1 aromatic rings. The summed E-state index contributed by atoms with van der Waals surface area (Å²) in [6.07, 6.45) is 1.67. The summed E-state index contributed by atoms with van der Waals surface area (Å²) >= 11 is 0. The average molecular weight is 222 g/mol. The van der Waals surface area contributed by atoms with Gasteiger partial charge in [-0.15, -0.1) is 0 Å². The van der Waals surface area contributed by atoms with Crippen LogP contribution >= 0.6 is 0 Å². The van der Waals surface area contributed by atoms with Gasteiger partial charge in [0.25, 0.3) is 5.91 Å². The lowest BCUT2D eigenvalue weighted by Gasteiger charge is -2.22. The first-order valence-electron chi connectivity index (χ1n) is 5.02. The normalized spacial score (nSPS) is 13.9. The summed E-state index contributed by atoms with van der Waals surface area (Å²) in [6.45, 7) is 2.57. The fourth-order valence-electron chi connectivity index (χ4n) is 1.56. The lowest BCUT2D eigenvalue weighted by atomic mass is 10.1. The highest BCUT2D eigenvalue weighted by Crippen LogP contribution is 2.29. The SMILES string of the molecule is Cc1cnc(C(=O)N(C)C)c2c1COCO2. The second-order valence-electron chi connectivity index (χ2n) is 3.91. The maximum atomic E-state index is 11.9. The smallest absolute Gasteiger partial charge is 0.275 e. The van der Waals surface area contributed by atoms with Crippen molar-refractivity contribution >= 4 is 5.91 Å². The summed E-state index contributed by atoms with van der Waals surface area (Å²) in [5.41, 5.74) is 2.24. The fraction of sp³-hybridized carbons (Fsp3) is 0.455. The minimum absolute atomic E-state index is 0.154. The monoisotopic (exact) mass is 222 g/mol. The summed E-state index contributed by atoms with van der Waals surface area (Å²) < 4.78 is 10.6. The summed E-state index contributed by atoms with van der Waals surface area (Å²) in [4.78, 5) is 17.5. The van der Waals surface area contributed by atoms with Crippen molar-refractivity contribution in [2.45, 2.75) is 13.5 Å². The molecule has 0 spiro atoms. The zero-order valence-electron chi connectivity index (χ0n) is 9.61. The third-order valence-electron chi connectivity index (χ3n) is 2.49. The van der Waals surface area contributed by atoms with Crippen molar-refractivity contribution in [1.29, 1.82) is 0 Å². The Morgan fingerprint density at radius 3 is 2.94 bits per heavy atom. The van der Waals surface area contributed by atoms with Gasteiger partial charge in [0, 0.05) is 25.9 Å². The summed E-state index contributed by atoms with van der Waals surface area (Å²) in [6, 6.07) is 0. The van der Waals surface area contributed by atoms with Crippen molar-refractivity contribution in [2.75, 3.05) is 20.9 Å². The van der Waals surface area contributed by atoms with Crippen molar-refractivity contribution in [2.24, 2.45) is 0 Å². The van der Waals surface area contributed by atoms with Gasteiger partial charge in [-0.1, -0.05) is 0 Å². The third kappa shape index (κ3) is 1.74. The van der Waals surface area contributed by atoms with E-state index in [2.05, 4.69) is 4.98 Å². The summed E-state index contributed by atoms with van der Waals surface area (Å²) in [5.74, 6) is 0.406. The van der Waals surface area contributed by atoms with Crippen LogP contribution in [0.5, 0.6) is 5.75 Å². The maximum absolute atomic E-state index is 11.9. The molecule has 1 amide bonds. The number of aromatic nitrogens is 1. The van der Waals surface area contributed by atoms with Gasteiger partial charge in [-0.3, -0.25) is 4.79 Å². The molecule has 2 heterocycles. The number of pyridine rings is 1. The van der Waals surface area contributed by atoms with E-state index in [9.17, 15) is 4.79 Å². The Balaban J connectivity index is 2.51. The standard InChI is InChI=1S/C11H14N2O3/c1-7-4-12-9(11(14)13(2)3)10-8(7)5-15-6-16-10/h4H,5-6H2,1-3H3. The van der Waals surface area contributed by atoms with Crippen molar-refractivity contribution in [1.82, 2.24) is 9.88 Å². The Kier molecular flexibility index (Phi) is 2.78. The molecule has 1 aromatic heterocycles. The number of carbonyl (C=O) groups excluding carboxylic acids is 1. The molecule has 1 aliphatic heterocycles. The number of amides is 1. The Morgan fingerprint density at radius 1 is 1.50 bits per heavy atom. The van der Waals surface area contributed by atoms with Gasteiger partial charge in [-0.25, -0.2) is 4.98 Å². The molecule has 0 radical (unpaired) electrons. The van der Waals surface area contributed by atoms with E-state index in [1.165, 1.54) is 4.90 Å². The molecule has 0 atom stereocenters. The second-order valence-corrected chi connectivity index (χ2v) is 3.91. The van der Waals surface area contributed by atoms with Crippen LogP contribution in [0, 0.1) is 6.92 Å². The molecular weight excluding hydrogens is 208 g/mol. The van der Waals surface area contributed by atoms with Gasteiger partial charge in [0.05, 0.1) is 6.61 Å². The third-order valence-corrected chi connectivity index (χ3v) is 2.49. The molecular formula is C11H14N2O3. The van der Waals surface area contributed by atoms with Gasteiger partial charge in [0.1, 0.15) is 0 Å². The molecule has 0 aromatic carbocycles. The van der Waals surface area contributed by atoms with Crippen LogP contribution in [0.2, 0.25) is 0 Å². The minimum atomic E-state index is -0.154. The predicted octanol–water partition coefficient (Wildman–Crippen LogP) is 0.958. The first-order chi connectivity index (χ1) is 7.61. The minimum Gasteiger partial charge on any atom is -0.465 e. The molecule has 0 unspecified atom stereocenters. The molecule has 0 fully saturated rings. The van der Waals surface area contributed by atoms with Crippen molar-refractivity contribution in [3.8, 4) is 5.75 Å². The predicted molar refractivity (Wildman–Crippen MR) is 57.3 cm³/mol. The van der Waals surface area contributed by atoms with E-state index in [-0.39, 0.29) is 12.7 Å². The number of nitrogens with zero attached hydrogens (tertiary/aromatic N) is 2. The summed E-state index contributed by atoms with van der Waals surface area (Å²) in [7, 11) is 3.38. The van der Waals surface area contributed by atoms with Gasteiger partial charge < -0.3 is 14.4 Å². The molecule has 86 valence electrons. The Morgan fingerprint density at radius 2 is 2.25 bits per heavy atom. The van der Waals surface area contributed by atoms with Gasteiger partial charge in [0.15, 0.2) is 18.2 Å². The molecule has 0 saturated heterocycles. The number of ether oxygens (including phenoxy) is 2. The van der Waals surface area contributed by atoms with E-state index in [0.717, 1.165) is 11.1 Å². The maximum Gasteiger partial charge on any atom is 0.275 e. The number of rotatable bonds is 1. The van der Waals surface area contributed by atoms with E-state index in [4.69, 9.17) is 9.47 Å². The Labute approximate surface area is 94.0 Å². The summed E-state index contributed by atoms with van der Waals surface area (Å²) in [5, 5.41) is 0. The molecule has 2 rings (SSSR count). The van der Waals surface area contributed by atoms with Crippen LogP contribution in [0.15, 0.2) is 6.20 Å². The fourth-order valence-corrected chi connectivity index (χ4v) is 1.56. The number of carbonyl (C=O) groups is 1. The molecule has 0 bridgehead atoms. The molecule has 1 aliphatic rings. The largest absolute Gasteiger partial charge is 0.465 e. The van der Waals surface area contributed by atoms with Crippen LogP contribution in [0.1, 0.15) is 21.6 Å². The number of hydrogen-bond donors (Lipinski definition) is 0. The van der Waals surface area contributed by atoms with Crippen LogP contribution < -0.4 is 4.74 Å². The topological polar surface area (TPSA) is 51.7 Å². The molecule has 0 saturated carbocycles. The quantitative estimate of drug-likeness (QED) is 0.710. The van der Waals surface area contributed by atoms with Crippen LogP contribution in [-0.2, 0) is 11.3 Å². The van der Waals surface area contributed by atoms with Crippen LogP contribution in [0.25, 0.3) is 0 Å². The highest BCUT2D eigenvalue weighted by Gasteiger charge is 2.23. The zero-order chi connectivity index (χ0) is 11.7. The van der Waals surface area contributed by atoms with E-state index >= 15 is 0 Å². The van der Waals surface area contributed by atoms with E-state index in [0.29, 0.717) is 18.1 Å². The molecule has 0 aliphatic carbocycles. The highest BCUT2D eigenvalue weighted by molar-refractivity contribution is 5.95. The van der Waals surface area contributed by atoms with Gasteiger partial charge in [-0.2, -0.15) is 0 Å². The molecule has 16 heavy (non-hydrogen) atoms. The van der Waals surface area contributed by atoms with Crippen LogP contribution in [-0.4, -0.2) is 36.7 Å². The van der Waals surface area contributed by atoms with Crippen molar-refractivity contribution in [3.63, 3.8) is 0 Å². The van der Waals surface area contributed by atoms with Gasteiger partial charge >= 0.3 is 0 Å². The van der Waals surface area contributed by atoms with E-state index in [1.807, 2.05) is 6.92 Å². The van der Waals surface area contributed by atoms with Crippen molar-refractivity contribution < 1.29 is 14.3 Å². The number of fused-ring (bicyclic) bond motifs is 1. The van der Waals surface area contributed by atoms with E-state index in [1.54, 1.807) is 20.3 Å². The van der Waals surface area contributed by atoms with Crippen LogP contribution in [0.4, 0.5) is 0 Å². The zero-order valence-corrected chi connectivity index (χ0v) is 9.61. The number of hydrogen-bond acceptors (Lipinski definition) is 4. The second kappa shape index (κ2) is 4.09. The molecule has 5 nitrogen and oxygen atoms in total. The van der Waals surface area contributed by atoms with E-state index < -0.39 is 0 Å².